The van der Waals surface area contributed by atoms with E-state index in [9.17, 15) is 48.6 Å². The minimum atomic E-state index is -1.97. The smallest absolute Gasteiger partial charge is 0.411 e. The Kier molecular flexibility index (Phi) is 24.5. The van der Waals surface area contributed by atoms with Crippen LogP contribution >= 0.6 is 39.7 Å². The fourth-order valence-corrected chi connectivity index (χ4v) is 10.4. The number of thiocarbonyl (C=S) groups is 1. The summed E-state index contributed by atoms with van der Waals surface area (Å²) < 4.78 is 23.1. The van der Waals surface area contributed by atoms with Crippen molar-refractivity contribution in [3.8, 4) is 5.75 Å². The Morgan fingerprint density at radius 3 is 2.32 bits per heavy atom. The van der Waals surface area contributed by atoms with Crippen LogP contribution in [0, 0.1) is 17.8 Å². The van der Waals surface area contributed by atoms with Crippen LogP contribution in [-0.2, 0) is 44.6 Å². The molecule has 1 saturated heterocycles. The van der Waals surface area contributed by atoms with Gasteiger partial charge in [-0.05, 0) is 109 Å². The van der Waals surface area contributed by atoms with Gasteiger partial charge in [0.25, 0.3) is 11.8 Å². The molecule has 0 aromatic heterocycles. The molecule has 0 saturated carbocycles. The van der Waals surface area contributed by atoms with Gasteiger partial charge in [-0.15, -0.1) is 0 Å². The van der Waals surface area contributed by atoms with E-state index in [1.165, 1.54) is 56.5 Å². The number of aliphatic hydroxyl groups is 2. The average Bonchev–Trinajstić information content (AvgIpc) is 3.92. The molecule has 0 spiro atoms. The first-order chi connectivity index (χ1) is 38.7. The summed E-state index contributed by atoms with van der Waals surface area (Å²) in [6.07, 6.45) is 1.72. The van der Waals surface area contributed by atoms with E-state index < -0.39 is 96.4 Å². The predicted molar refractivity (Wildman–Crippen MR) is 314 cm³/mol. The van der Waals surface area contributed by atoms with Gasteiger partial charge in [-0.1, -0.05) is 63.1 Å². The maximum atomic E-state index is 14.4. The molecular weight excluding hydrogens is 1170 g/mol. The van der Waals surface area contributed by atoms with Gasteiger partial charge < -0.3 is 66.4 Å². The number of nitrogens with one attached hydrogen (secondary N) is 7. The van der Waals surface area contributed by atoms with Gasteiger partial charge in [-0.25, -0.2) is 14.4 Å². The van der Waals surface area contributed by atoms with Crippen molar-refractivity contribution in [1.82, 2.24) is 31.5 Å². The van der Waals surface area contributed by atoms with Crippen molar-refractivity contribution in [2.75, 3.05) is 56.4 Å². The van der Waals surface area contributed by atoms with Crippen LogP contribution in [0.1, 0.15) is 78.7 Å². The van der Waals surface area contributed by atoms with Gasteiger partial charge in [-0.3, -0.25) is 39.5 Å². The van der Waals surface area contributed by atoms with E-state index in [1.54, 1.807) is 58.1 Å². The van der Waals surface area contributed by atoms with Gasteiger partial charge in [0.05, 0.1) is 31.0 Å². The zero-order chi connectivity index (χ0) is 60.6. The van der Waals surface area contributed by atoms with E-state index >= 15 is 0 Å². The Morgan fingerprint density at radius 2 is 1.67 bits per heavy atom. The van der Waals surface area contributed by atoms with E-state index in [2.05, 4.69) is 53.1 Å². The molecule has 0 radical (unpaired) electrons. The van der Waals surface area contributed by atoms with Crippen LogP contribution in [0.3, 0.4) is 0 Å². The maximum absolute atomic E-state index is 14.4. The zero-order valence-corrected chi connectivity index (χ0v) is 50.1. The lowest BCUT2D eigenvalue weighted by Gasteiger charge is -2.43. The fourth-order valence-electron chi connectivity index (χ4n) is 9.41. The molecule has 3 aliphatic rings. The summed E-state index contributed by atoms with van der Waals surface area (Å²) in [6.45, 7) is 9.36. The second-order valence-electron chi connectivity index (χ2n) is 20.7. The van der Waals surface area contributed by atoms with Gasteiger partial charge in [0.2, 0.25) is 17.7 Å². The monoisotopic (exact) mass is 1240 g/mol. The minimum absolute atomic E-state index is 0.0724. The number of amides is 9. The molecule has 3 heterocycles. The fraction of sp³-hybridized carbons (Fsp3) is 0.509. The number of hydrogen-bond donors (Lipinski definition) is 10. The van der Waals surface area contributed by atoms with Crippen molar-refractivity contribution in [2.45, 2.75) is 122 Å². The molecule has 2 aromatic rings. The zero-order valence-electron chi connectivity index (χ0n) is 47.0. The van der Waals surface area contributed by atoms with Gasteiger partial charge in [0.1, 0.15) is 41.2 Å². The summed E-state index contributed by atoms with van der Waals surface area (Å²) in [4.78, 5) is 107. The van der Waals surface area contributed by atoms with Crippen molar-refractivity contribution in [1.29, 1.82) is 0 Å². The molecule has 11 N–H and O–H groups in total. The molecule has 4 bridgehead atoms. The highest BCUT2D eigenvalue weighted by atomic mass is 79.9. The van der Waals surface area contributed by atoms with Crippen LogP contribution in [0.15, 0.2) is 70.8 Å². The molecule has 5 rings (SSSR count). The highest BCUT2D eigenvalue weighted by Crippen LogP contribution is 2.38. The van der Waals surface area contributed by atoms with E-state index in [4.69, 9.17) is 48.5 Å². The number of aliphatic hydroxyl groups excluding tert-OH is 1. The third kappa shape index (κ3) is 18.3. The number of anilines is 3. The Morgan fingerprint density at radius 1 is 0.976 bits per heavy atom. The van der Waals surface area contributed by atoms with E-state index in [-0.39, 0.29) is 76.1 Å². The molecule has 2 aromatic carbocycles. The lowest BCUT2D eigenvalue weighted by Crippen LogP contribution is -2.64. The van der Waals surface area contributed by atoms with Crippen molar-refractivity contribution in [3.63, 3.8) is 0 Å². The summed E-state index contributed by atoms with van der Waals surface area (Å²) >= 11 is 15.7. The quantitative estimate of drug-likeness (QED) is 0.0500. The molecule has 1 fully saturated rings. The number of fused-ring (bicyclic) bond motifs is 4. The summed E-state index contributed by atoms with van der Waals surface area (Å²) in [5.41, 5.74) is 5.58. The average molecular weight is 1250 g/mol. The number of nitrogens with two attached hydrogens (primary N) is 1. The number of carbonyl (C=O) groups excluding carboxylic acids is 8. The number of methoxy groups -OCH3 is 2. The predicted octanol–water partition coefficient (Wildman–Crippen LogP) is 5.04. The van der Waals surface area contributed by atoms with Crippen molar-refractivity contribution < 1.29 is 67.5 Å². The Bertz CT molecular complexity index is 2790. The van der Waals surface area contributed by atoms with E-state index in [0.717, 1.165) is 16.0 Å². The van der Waals surface area contributed by atoms with Crippen LogP contribution in [0.25, 0.3) is 0 Å². The van der Waals surface area contributed by atoms with Crippen molar-refractivity contribution in [3.05, 3.63) is 81.3 Å². The van der Waals surface area contributed by atoms with Crippen molar-refractivity contribution in [2.24, 2.45) is 23.5 Å². The van der Waals surface area contributed by atoms with Crippen LogP contribution < -0.4 is 52.6 Å². The molecule has 9 atom stereocenters. The van der Waals surface area contributed by atoms with E-state index in [0.29, 0.717) is 37.2 Å². The molecule has 27 heteroatoms. The van der Waals surface area contributed by atoms with Crippen LogP contribution in [0.4, 0.5) is 31.4 Å². The van der Waals surface area contributed by atoms with Crippen molar-refractivity contribution >= 4 is 110 Å². The molecule has 0 aliphatic carbocycles. The van der Waals surface area contributed by atoms with Gasteiger partial charge >= 0.3 is 18.2 Å². The summed E-state index contributed by atoms with van der Waals surface area (Å²) in [5.74, 6) is -4.40. The van der Waals surface area contributed by atoms with Crippen LogP contribution in [-0.4, -0.2) is 151 Å². The number of nitrogens with zero attached hydrogens (tertiary/aromatic N) is 2. The topological polar surface area (TPSA) is 331 Å². The molecule has 9 amide bonds. The highest BCUT2D eigenvalue weighted by molar-refractivity contribution is 9.10. The Balaban J connectivity index is 1.32. The van der Waals surface area contributed by atoms with Gasteiger partial charge in [-0.2, -0.15) is 0 Å². The van der Waals surface area contributed by atoms with Crippen LogP contribution in [0.2, 0.25) is 5.02 Å². The van der Waals surface area contributed by atoms with Gasteiger partial charge in [0, 0.05) is 74.4 Å². The number of rotatable bonds is 19. The number of imide groups is 1. The summed E-state index contributed by atoms with van der Waals surface area (Å²) in [5, 5.41) is 43.4. The molecule has 448 valence electrons. The molecule has 82 heavy (non-hydrogen) atoms. The minimum Gasteiger partial charge on any atom is -0.495 e. The number of benzene rings is 2. The first-order valence-corrected chi connectivity index (χ1v) is 28.2. The number of allylic oxidation sites excluding steroid dienone is 3. The number of carbonyl (C=O) groups is 8. The number of hydrogen-bond acceptors (Lipinski definition) is 15. The molecule has 0 unspecified atom stereocenters. The number of ether oxygens (including phenoxy) is 4. The number of urea groups is 1. The molecular formula is C55H74BrClN10O14S. The first kappa shape index (κ1) is 66.0. The third-order valence-electron chi connectivity index (χ3n) is 14.2. The second kappa shape index (κ2) is 30.5. The van der Waals surface area contributed by atoms with Crippen LogP contribution in [0.5, 0.6) is 5.75 Å². The summed E-state index contributed by atoms with van der Waals surface area (Å²) in [7, 11) is 4.32. The second-order valence-corrected chi connectivity index (χ2v) is 22.3. The number of primary amides is 1. The Labute approximate surface area is 495 Å². The number of alkyl carbamates (subject to hydrolysis) is 1. The maximum Gasteiger partial charge on any atom is 0.411 e. The van der Waals surface area contributed by atoms with E-state index in [1.807, 2.05) is 6.92 Å². The lowest BCUT2D eigenvalue weighted by atomic mass is 9.81. The normalized spacial score (nSPS) is 24.0. The van der Waals surface area contributed by atoms with Gasteiger partial charge in [0.15, 0.2) is 10.8 Å². The highest BCUT2D eigenvalue weighted by Gasteiger charge is 2.48. The number of unbranched alkanes of at least 4 members (excludes halogenated alkanes) is 1. The molecule has 3 aliphatic heterocycles. The summed E-state index contributed by atoms with van der Waals surface area (Å²) in [6, 6.07) is 5.11. The Hall–Kier alpha value is -6.84. The first-order valence-electron chi connectivity index (χ1n) is 26.6. The molecule has 24 nitrogen and oxygen atoms in total. The number of halogens is 2. The lowest BCUT2D eigenvalue weighted by molar-refractivity contribution is -0.152. The SMILES string of the molecule is COc1cc2cc(c1Cl)N(C)C(=O)C[C@H](OC(=O)Nc1ccc(NC(=O)[C@H](CCCNC(N)=O)NC(=O)[C@@H](NC(=S)NCCCCN3C(=O)C=CC3=O)C(C)C)cc1Br)[C@@H](C)[C@@H](O)[C@H](C)[C@@H]1C[C@@](O)(NC(=O)O1)[C@H](OC)/C=C/C=C(\C)C2. The third-order valence-corrected chi connectivity index (χ3v) is 15.5. The standard InChI is InChI=1S/C55H74BrClN10O14S/c1-29(2)47(64-52(82)60-20-9-10-22-67-43(68)18-19-44(67)69)50(73)62-37(14-12-21-59-51(58)74)49(72)61-34-16-17-36(35(56)26-34)63-53(75)80-39-27-45(70)66(6)38-24-33(25-40(78-7)46(38)57)23-30(3)13-11-15-42(79-8)55(77)28-41(81-54(76)65-55)32(5)48(71)31(39)4/h11,13,15-19,24-26,29,31-32,37,39,41-42,47-48,71,77H,9-10,12,14,20-23,27-28H2,1-8H3,(H,61,72)(H,62,73)(H,63,75)(H,65,76)(H3,58,59,74)(H2,60,64,82)/b15-11+,30-13+/t31-,32-,37+,39+,41+,42-,47+,48-,55+/m1/s1. The largest absolute Gasteiger partial charge is 0.495 e.